The molecule has 0 N–H and O–H groups in total. The van der Waals surface area contributed by atoms with Gasteiger partial charge in [0.2, 0.25) is 0 Å². The van der Waals surface area contributed by atoms with Crippen LogP contribution in [-0.2, 0) is 0 Å². The van der Waals surface area contributed by atoms with Gasteiger partial charge in [0, 0.05) is 16.0 Å². The zero-order chi connectivity index (χ0) is 10.5. The molecule has 2 aromatic rings. The first-order valence-electron chi connectivity index (χ1n) is 4.47. The molecule has 0 atom stereocenters. The van der Waals surface area contributed by atoms with Gasteiger partial charge in [-0.1, -0.05) is 30.0 Å². The molecule has 2 rings (SSSR count). The first kappa shape index (κ1) is 9.75. The van der Waals surface area contributed by atoms with Gasteiger partial charge in [-0.05, 0) is 24.3 Å². The molecule has 1 heterocycles. The van der Waals surface area contributed by atoms with Crippen LogP contribution in [0, 0.1) is 11.3 Å². The van der Waals surface area contributed by atoms with E-state index in [-0.39, 0.29) is 0 Å². The summed E-state index contributed by atoms with van der Waals surface area (Å²) in [6.45, 7) is 0. The highest BCUT2D eigenvalue weighted by molar-refractivity contribution is 7.99. The fraction of sp³-hybridized carbons (Fsp3) is 0. The van der Waals surface area contributed by atoms with E-state index in [0.717, 1.165) is 4.90 Å². The van der Waals surface area contributed by atoms with Crippen molar-refractivity contribution in [1.29, 1.82) is 5.26 Å². The van der Waals surface area contributed by atoms with Crippen molar-refractivity contribution in [2.24, 2.45) is 0 Å². The molecular weight excluding hydrogens is 204 g/mol. The van der Waals surface area contributed by atoms with Crippen LogP contribution in [0.2, 0.25) is 0 Å². The molecular formula is C12H8N2S. The lowest BCUT2D eigenvalue weighted by molar-refractivity contribution is 1.19. The summed E-state index contributed by atoms with van der Waals surface area (Å²) in [6.07, 6.45) is 1.72. The molecule has 0 saturated carbocycles. The molecule has 0 aliphatic heterocycles. The van der Waals surface area contributed by atoms with E-state index in [4.69, 9.17) is 5.26 Å². The Morgan fingerprint density at radius 2 is 1.80 bits per heavy atom. The fourth-order valence-electron chi connectivity index (χ4n) is 1.13. The molecule has 0 aliphatic rings. The fourth-order valence-corrected chi connectivity index (χ4v) is 1.94. The second-order valence-electron chi connectivity index (χ2n) is 2.91. The predicted octanol–water partition coefficient (Wildman–Crippen LogP) is 3.10. The lowest BCUT2D eigenvalue weighted by Crippen LogP contribution is -1.81. The number of nitrogens with zero attached hydrogens (tertiary/aromatic N) is 2. The summed E-state index contributed by atoms with van der Waals surface area (Å²) >= 11 is 1.63. The Labute approximate surface area is 92.6 Å². The molecule has 0 fully saturated rings. The number of hydrogen-bond donors (Lipinski definition) is 0. The van der Waals surface area contributed by atoms with E-state index in [1.54, 1.807) is 24.0 Å². The maximum atomic E-state index is 8.60. The van der Waals surface area contributed by atoms with Crippen molar-refractivity contribution in [3.8, 4) is 6.07 Å². The van der Waals surface area contributed by atoms with Gasteiger partial charge in [-0.15, -0.1) is 0 Å². The quantitative estimate of drug-likeness (QED) is 0.767. The lowest BCUT2D eigenvalue weighted by Gasteiger charge is -1.99. The van der Waals surface area contributed by atoms with E-state index in [2.05, 4.69) is 4.98 Å². The van der Waals surface area contributed by atoms with Crippen molar-refractivity contribution < 1.29 is 0 Å². The van der Waals surface area contributed by atoms with Crippen molar-refractivity contribution >= 4 is 11.8 Å². The first-order chi connectivity index (χ1) is 7.38. The van der Waals surface area contributed by atoms with Crippen molar-refractivity contribution in [2.75, 3.05) is 0 Å². The van der Waals surface area contributed by atoms with Gasteiger partial charge in [-0.25, -0.2) is 4.98 Å². The number of pyridine rings is 1. The molecule has 0 amide bonds. The van der Waals surface area contributed by atoms with E-state index in [9.17, 15) is 0 Å². The monoisotopic (exact) mass is 212 g/mol. The maximum Gasteiger partial charge on any atom is 0.140 e. The van der Waals surface area contributed by atoms with Crippen molar-refractivity contribution in [3.63, 3.8) is 0 Å². The molecule has 0 aliphatic carbocycles. The number of aromatic nitrogens is 1. The minimum absolute atomic E-state index is 0.451. The molecule has 0 unspecified atom stereocenters. The Morgan fingerprint density at radius 1 is 1.00 bits per heavy atom. The largest absolute Gasteiger partial charge is 0.244 e. The minimum atomic E-state index is 0.451. The third-order valence-electron chi connectivity index (χ3n) is 1.83. The second kappa shape index (κ2) is 4.63. The first-order valence-corrected chi connectivity index (χ1v) is 5.29. The van der Waals surface area contributed by atoms with Gasteiger partial charge < -0.3 is 0 Å². The molecule has 15 heavy (non-hydrogen) atoms. The van der Waals surface area contributed by atoms with Crippen LogP contribution in [0.5, 0.6) is 0 Å². The highest BCUT2D eigenvalue weighted by atomic mass is 32.2. The van der Waals surface area contributed by atoms with Crippen molar-refractivity contribution in [2.45, 2.75) is 9.79 Å². The van der Waals surface area contributed by atoms with Crippen molar-refractivity contribution in [1.82, 2.24) is 4.98 Å². The molecule has 3 heteroatoms. The maximum absolute atomic E-state index is 8.60. The Balaban J connectivity index is 2.16. The van der Waals surface area contributed by atoms with E-state index < -0.39 is 0 Å². The molecule has 72 valence electrons. The molecule has 0 saturated heterocycles. The summed E-state index contributed by atoms with van der Waals surface area (Å²) in [4.78, 5) is 6.22. The Bertz CT molecular complexity index is 471. The van der Waals surface area contributed by atoms with Gasteiger partial charge in [-0.3, -0.25) is 0 Å². The summed E-state index contributed by atoms with van der Waals surface area (Å²) < 4.78 is 0. The summed E-state index contributed by atoms with van der Waals surface area (Å²) in [5.41, 5.74) is 0.451. The third kappa shape index (κ3) is 2.58. The zero-order valence-corrected chi connectivity index (χ0v) is 8.74. The average Bonchev–Trinajstić information content (AvgIpc) is 2.31. The average molecular weight is 212 g/mol. The third-order valence-corrected chi connectivity index (χ3v) is 2.81. The van der Waals surface area contributed by atoms with E-state index in [1.807, 2.05) is 42.5 Å². The summed E-state index contributed by atoms with van der Waals surface area (Å²) in [7, 11) is 0. The Kier molecular flexibility index (Phi) is 3.01. The van der Waals surface area contributed by atoms with E-state index in [0.29, 0.717) is 5.69 Å². The Morgan fingerprint density at radius 3 is 2.40 bits per heavy atom. The highest BCUT2D eigenvalue weighted by Gasteiger charge is 1.97. The van der Waals surface area contributed by atoms with Gasteiger partial charge in [0.15, 0.2) is 0 Å². The zero-order valence-electron chi connectivity index (χ0n) is 7.92. The molecule has 0 radical (unpaired) electrons. The van der Waals surface area contributed by atoms with Gasteiger partial charge in [0.25, 0.3) is 0 Å². The molecule has 0 bridgehead atoms. The molecule has 0 spiro atoms. The molecule has 1 aromatic heterocycles. The van der Waals surface area contributed by atoms with Gasteiger partial charge >= 0.3 is 0 Å². The van der Waals surface area contributed by atoms with Gasteiger partial charge in [0.05, 0.1) is 0 Å². The van der Waals surface area contributed by atoms with Gasteiger partial charge in [0.1, 0.15) is 11.8 Å². The standard InChI is InChI=1S/C12H8N2S/c13-8-10-6-7-12(9-14-10)15-11-4-2-1-3-5-11/h1-7,9H. The van der Waals surface area contributed by atoms with Gasteiger partial charge in [-0.2, -0.15) is 5.26 Å². The summed E-state index contributed by atoms with van der Waals surface area (Å²) in [5, 5.41) is 8.60. The minimum Gasteiger partial charge on any atom is -0.244 e. The normalized spacial score (nSPS) is 9.53. The lowest BCUT2D eigenvalue weighted by atomic mass is 10.4. The smallest absolute Gasteiger partial charge is 0.140 e. The number of rotatable bonds is 2. The SMILES string of the molecule is N#Cc1ccc(Sc2ccccc2)cn1. The van der Waals surface area contributed by atoms with Crippen LogP contribution in [0.15, 0.2) is 58.5 Å². The number of benzene rings is 1. The van der Waals surface area contributed by atoms with Crippen LogP contribution in [0.25, 0.3) is 0 Å². The van der Waals surface area contributed by atoms with Crippen LogP contribution < -0.4 is 0 Å². The molecule has 1 aromatic carbocycles. The summed E-state index contributed by atoms with van der Waals surface area (Å²) in [5.74, 6) is 0. The topological polar surface area (TPSA) is 36.7 Å². The van der Waals surface area contributed by atoms with Crippen LogP contribution in [0.3, 0.4) is 0 Å². The van der Waals surface area contributed by atoms with Crippen LogP contribution in [0.1, 0.15) is 5.69 Å². The summed E-state index contributed by atoms with van der Waals surface area (Å²) in [6, 6.07) is 15.7. The van der Waals surface area contributed by atoms with Crippen LogP contribution in [0.4, 0.5) is 0 Å². The van der Waals surface area contributed by atoms with E-state index in [1.165, 1.54) is 4.90 Å². The molecule has 2 nitrogen and oxygen atoms in total. The number of hydrogen-bond acceptors (Lipinski definition) is 3. The van der Waals surface area contributed by atoms with E-state index >= 15 is 0 Å². The van der Waals surface area contributed by atoms with Crippen LogP contribution >= 0.6 is 11.8 Å². The highest BCUT2D eigenvalue weighted by Crippen LogP contribution is 2.26. The Hall–Kier alpha value is -1.79. The van der Waals surface area contributed by atoms with Crippen LogP contribution in [-0.4, -0.2) is 4.98 Å². The second-order valence-corrected chi connectivity index (χ2v) is 4.05. The van der Waals surface area contributed by atoms with Crippen molar-refractivity contribution in [3.05, 3.63) is 54.4 Å². The number of nitriles is 1. The predicted molar refractivity (Wildman–Crippen MR) is 59.5 cm³/mol.